The lowest BCUT2D eigenvalue weighted by molar-refractivity contribution is -0.116. The molecule has 0 saturated heterocycles. The number of hydrogen-bond acceptors (Lipinski definition) is 4. The van der Waals surface area contributed by atoms with Crippen molar-refractivity contribution in [2.75, 3.05) is 26.0 Å². The van der Waals surface area contributed by atoms with Crippen molar-refractivity contribution < 1.29 is 9.53 Å². The summed E-state index contributed by atoms with van der Waals surface area (Å²) in [5.41, 5.74) is 3.23. The highest BCUT2D eigenvalue weighted by Crippen LogP contribution is 2.19. The van der Waals surface area contributed by atoms with Gasteiger partial charge in [-0.2, -0.15) is 0 Å². The normalized spacial score (nSPS) is 10.6. The van der Waals surface area contributed by atoms with E-state index in [1.807, 2.05) is 38.1 Å². The third kappa shape index (κ3) is 7.71. The Morgan fingerprint density at radius 3 is 2.54 bits per heavy atom. The van der Waals surface area contributed by atoms with Gasteiger partial charge in [0.25, 0.3) is 0 Å². The van der Waals surface area contributed by atoms with Crippen LogP contribution in [0.25, 0.3) is 0 Å². The molecule has 1 aromatic carbocycles. The molecular formula is C20H28IN5O2. The first kappa shape index (κ1) is 23.7. The molecule has 0 fully saturated rings. The number of nitrogens with one attached hydrogen (secondary N) is 3. The highest BCUT2D eigenvalue weighted by molar-refractivity contribution is 14.0. The molecule has 7 nitrogen and oxygen atoms in total. The van der Waals surface area contributed by atoms with E-state index in [-0.39, 0.29) is 29.9 Å². The van der Waals surface area contributed by atoms with Crippen LogP contribution in [-0.2, 0) is 11.3 Å². The van der Waals surface area contributed by atoms with Crippen molar-refractivity contribution in [1.29, 1.82) is 0 Å². The molecule has 0 aliphatic rings. The minimum atomic E-state index is -0.102. The number of pyridine rings is 1. The lowest BCUT2D eigenvalue weighted by Gasteiger charge is -2.14. The van der Waals surface area contributed by atoms with Crippen molar-refractivity contribution in [1.82, 2.24) is 15.6 Å². The first-order chi connectivity index (χ1) is 13.0. The van der Waals surface area contributed by atoms with E-state index in [9.17, 15) is 4.79 Å². The maximum Gasteiger partial charge on any atom is 0.227 e. The summed E-state index contributed by atoms with van der Waals surface area (Å²) in [4.78, 5) is 20.3. The average molecular weight is 497 g/mol. The van der Waals surface area contributed by atoms with Gasteiger partial charge in [-0.05, 0) is 37.1 Å². The van der Waals surface area contributed by atoms with Crippen LogP contribution in [-0.4, -0.2) is 37.6 Å². The molecule has 0 atom stereocenters. The number of guanidine groups is 1. The molecule has 0 bridgehead atoms. The minimum Gasteiger partial charge on any atom is -0.496 e. The van der Waals surface area contributed by atoms with E-state index >= 15 is 0 Å². The summed E-state index contributed by atoms with van der Waals surface area (Å²) in [6.45, 7) is 5.01. The zero-order valence-electron chi connectivity index (χ0n) is 16.7. The number of nitrogens with zero attached hydrogens (tertiary/aromatic N) is 2. The fourth-order valence-corrected chi connectivity index (χ4v) is 2.44. The molecule has 0 radical (unpaired) electrons. The van der Waals surface area contributed by atoms with E-state index in [1.54, 1.807) is 26.4 Å². The number of amides is 1. The molecule has 1 aromatic heterocycles. The van der Waals surface area contributed by atoms with E-state index < -0.39 is 0 Å². The maximum atomic E-state index is 12.0. The Balaban J connectivity index is 0.00000392. The summed E-state index contributed by atoms with van der Waals surface area (Å²) in [5.74, 6) is 1.91. The lowest BCUT2D eigenvalue weighted by Crippen LogP contribution is -2.38. The van der Waals surface area contributed by atoms with Gasteiger partial charge in [0.1, 0.15) is 11.6 Å². The van der Waals surface area contributed by atoms with Crippen LogP contribution in [0.3, 0.4) is 0 Å². The summed E-state index contributed by atoms with van der Waals surface area (Å²) < 4.78 is 5.41. The quantitative estimate of drug-likeness (QED) is 0.311. The van der Waals surface area contributed by atoms with E-state index in [2.05, 4.69) is 25.9 Å². The summed E-state index contributed by atoms with van der Waals surface area (Å²) in [6.07, 6.45) is 2.03. The second-order valence-electron chi connectivity index (χ2n) is 6.19. The number of carbonyl (C=O) groups excluding carboxylic acids is 1. The molecule has 0 unspecified atom stereocenters. The van der Waals surface area contributed by atoms with E-state index in [1.165, 1.54) is 0 Å². The number of hydrogen-bond donors (Lipinski definition) is 3. The van der Waals surface area contributed by atoms with Crippen LogP contribution in [0.5, 0.6) is 5.75 Å². The van der Waals surface area contributed by atoms with Gasteiger partial charge < -0.3 is 20.7 Å². The van der Waals surface area contributed by atoms with Crippen LogP contribution in [0.2, 0.25) is 0 Å². The topological polar surface area (TPSA) is 87.6 Å². The molecule has 2 rings (SSSR count). The van der Waals surface area contributed by atoms with Gasteiger partial charge in [-0.1, -0.05) is 18.2 Å². The number of anilines is 1. The summed E-state index contributed by atoms with van der Waals surface area (Å²) in [6, 6.07) is 9.76. The first-order valence-corrected chi connectivity index (χ1v) is 8.82. The van der Waals surface area contributed by atoms with Gasteiger partial charge in [0.2, 0.25) is 5.91 Å². The summed E-state index contributed by atoms with van der Waals surface area (Å²) >= 11 is 0. The maximum absolute atomic E-state index is 12.0. The van der Waals surface area contributed by atoms with Crippen LogP contribution >= 0.6 is 24.0 Å². The molecule has 0 saturated carbocycles. The fourth-order valence-electron chi connectivity index (χ4n) is 2.44. The van der Waals surface area contributed by atoms with Crippen LogP contribution in [0.4, 0.5) is 5.82 Å². The number of methoxy groups -OCH3 is 1. The molecule has 28 heavy (non-hydrogen) atoms. The lowest BCUT2D eigenvalue weighted by atomic mass is 10.1. The third-order valence-electron chi connectivity index (χ3n) is 3.94. The Kier molecular flexibility index (Phi) is 10.3. The predicted molar refractivity (Wildman–Crippen MR) is 124 cm³/mol. The molecule has 0 spiro atoms. The zero-order valence-corrected chi connectivity index (χ0v) is 19.0. The molecule has 2 aromatic rings. The molecular weight excluding hydrogens is 469 g/mol. The van der Waals surface area contributed by atoms with Crippen molar-refractivity contribution in [3.05, 3.63) is 53.2 Å². The first-order valence-electron chi connectivity index (χ1n) is 8.82. The molecule has 0 aliphatic heterocycles. The number of aliphatic imine (C=N–C) groups is 1. The zero-order chi connectivity index (χ0) is 19.6. The Hall–Kier alpha value is -2.36. The number of aryl methyl sites for hydroxylation is 2. The predicted octanol–water partition coefficient (Wildman–Crippen LogP) is 3.02. The standard InChI is InChI=1S/C20H27N5O2.HI/c1-14-5-7-16(17(11-14)27-4)13-24-20(21-3)22-10-9-19(26)25-18-8-6-15(2)12-23-18;/h5-8,11-12H,9-10,13H2,1-4H3,(H2,21,22,24)(H,23,25,26);1H. The van der Waals surface area contributed by atoms with Gasteiger partial charge in [0.05, 0.1) is 7.11 Å². The van der Waals surface area contributed by atoms with Gasteiger partial charge in [0, 0.05) is 38.3 Å². The highest BCUT2D eigenvalue weighted by Gasteiger charge is 2.06. The van der Waals surface area contributed by atoms with Crippen molar-refractivity contribution in [2.24, 2.45) is 4.99 Å². The molecule has 1 heterocycles. The number of ether oxygens (including phenoxy) is 1. The van der Waals surface area contributed by atoms with Crippen LogP contribution in [0.15, 0.2) is 41.5 Å². The van der Waals surface area contributed by atoms with Crippen molar-refractivity contribution >= 4 is 41.7 Å². The number of halogens is 1. The summed E-state index contributed by atoms with van der Waals surface area (Å²) in [7, 11) is 3.35. The molecule has 8 heteroatoms. The van der Waals surface area contributed by atoms with Gasteiger partial charge in [-0.3, -0.25) is 9.79 Å². The minimum absolute atomic E-state index is 0. The SMILES string of the molecule is CN=C(NCCC(=O)Nc1ccc(C)cn1)NCc1ccc(C)cc1OC.I. The van der Waals surface area contributed by atoms with Crippen molar-refractivity contribution in [3.63, 3.8) is 0 Å². The average Bonchev–Trinajstić information content (AvgIpc) is 2.67. The number of rotatable bonds is 7. The Morgan fingerprint density at radius 1 is 1.14 bits per heavy atom. The third-order valence-corrected chi connectivity index (χ3v) is 3.94. The smallest absolute Gasteiger partial charge is 0.227 e. The van der Waals surface area contributed by atoms with Crippen LogP contribution in [0.1, 0.15) is 23.1 Å². The second kappa shape index (κ2) is 12.2. The van der Waals surface area contributed by atoms with Gasteiger partial charge in [-0.15, -0.1) is 24.0 Å². The van der Waals surface area contributed by atoms with Crippen LogP contribution < -0.4 is 20.7 Å². The second-order valence-corrected chi connectivity index (χ2v) is 6.19. The monoisotopic (exact) mass is 497 g/mol. The Bertz CT molecular complexity index is 794. The number of aromatic nitrogens is 1. The van der Waals surface area contributed by atoms with E-state index in [0.717, 1.165) is 22.4 Å². The van der Waals surface area contributed by atoms with Crippen molar-refractivity contribution in [3.8, 4) is 5.75 Å². The summed E-state index contributed by atoms with van der Waals surface area (Å²) in [5, 5.41) is 9.13. The molecule has 1 amide bonds. The fraction of sp³-hybridized carbons (Fsp3) is 0.350. The Labute approximate surface area is 183 Å². The van der Waals surface area contributed by atoms with Gasteiger partial charge >= 0.3 is 0 Å². The molecule has 152 valence electrons. The Morgan fingerprint density at radius 2 is 1.89 bits per heavy atom. The van der Waals surface area contributed by atoms with Gasteiger partial charge in [-0.25, -0.2) is 4.98 Å². The highest BCUT2D eigenvalue weighted by atomic mass is 127. The van der Waals surface area contributed by atoms with Gasteiger partial charge in [0.15, 0.2) is 5.96 Å². The van der Waals surface area contributed by atoms with Crippen LogP contribution in [0, 0.1) is 13.8 Å². The largest absolute Gasteiger partial charge is 0.496 e. The van der Waals surface area contributed by atoms with E-state index in [4.69, 9.17) is 4.74 Å². The van der Waals surface area contributed by atoms with E-state index in [0.29, 0.717) is 31.3 Å². The number of carbonyl (C=O) groups is 1. The number of benzene rings is 1. The van der Waals surface area contributed by atoms with Crippen molar-refractivity contribution in [2.45, 2.75) is 26.8 Å². The molecule has 0 aliphatic carbocycles. The molecule has 3 N–H and O–H groups in total.